The number of nitrogens with one attached hydrogen (secondary N) is 1. The van der Waals surface area contributed by atoms with Crippen LogP contribution in [0.3, 0.4) is 0 Å². The van der Waals surface area contributed by atoms with Crippen LogP contribution in [0.15, 0.2) is 57.9 Å². The van der Waals surface area contributed by atoms with Gasteiger partial charge in [0.1, 0.15) is 16.4 Å². The summed E-state index contributed by atoms with van der Waals surface area (Å²) in [4.78, 5) is 12.1. The second-order valence-electron chi connectivity index (χ2n) is 6.89. The molecular formula is C21H19F3N2O6S. The molecule has 1 N–H and O–H groups in total. The number of carbonyl (C=O) groups is 1. The van der Waals surface area contributed by atoms with Crippen molar-refractivity contribution in [3.05, 3.63) is 54.2 Å². The van der Waals surface area contributed by atoms with Gasteiger partial charge >= 0.3 is 6.36 Å². The maximum atomic E-state index is 12.9. The summed E-state index contributed by atoms with van der Waals surface area (Å²) in [7, 11) is -2.61. The predicted molar refractivity (Wildman–Crippen MR) is 112 cm³/mol. The first-order valence-corrected chi connectivity index (χ1v) is 11.1. The summed E-state index contributed by atoms with van der Waals surface area (Å²) in [6.45, 7) is 1.73. The standard InChI is InChI=1S/C21H19F3N2O6S/c1-13-11-18(32-26-13)14-3-8-17(30-2)19(12-14)33(28,29)10-9-20(27)25-15-4-6-16(7-5-15)31-21(22,23)24/h3-8,11-12H,9-10H2,1-2H3,(H,25,27). The van der Waals surface area contributed by atoms with E-state index in [1.807, 2.05) is 0 Å². The van der Waals surface area contributed by atoms with Crippen molar-refractivity contribution < 1.29 is 40.4 Å². The number of rotatable bonds is 8. The minimum absolute atomic E-state index is 0.107. The zero-order valence-corrected chi connectivity index (χ0v) is 18.3. The van der Waals surface area contributed by atoms with Crippen LogP contribution < -0.4 is 14.8 Å². The van der Waals surface area contributed by atoms with E-state index in [4.69, 9.17) is 9.26 Å². The molecule has 0 aliphatic heterocycles. The van der Waals surface area contributed by atoms with Gasteiger partial charge in [-0.1, -0.05) is 5.16 Å². The molecule has 0 spiro atoms. The number of halogens is 3. The summed E-state index contributed by atoms with van der Waals surface area (Å²) in [6, 6.07) is 10.6. The molecule has 0 fully saturated rings. The van der Waals surface area contributed by atoms with Crippen molar-refractivity contribution in [2.45, 2.75) is 24.6 Å². The van der Waals surface area contributed by atoms with E-state index in [1.54, 1.807) is 19.1 Å². The van der Waals surface area contributed by atoms with Crippen LogP contribution >= 0.6 is 0 Å². The van der Waals surface area contributed by atoms with Gasteiger partial charge in [0.2, 0.25) is 5.91 Å². The Morgan fingerprint density at radius 2 is 1.82 bits per heavy atom. The van der Waals surface area contributed by atoms with Gasteiger partial charge in [0, 0.05) is 23.7 Å². The third-order valence-corrected chi connectivity index (χ3v) is 6.11. The van der Waals surface area contributed by atoms with E-state index < -0.39 is 40.0 Å². The molecule has 0 saturated carbocycles. The molecule has 0 saturated heterocycles. The molecule has 0 aliphatic rings. The Morgan fingerprint density at radius 1 is 1.12 bits per heavy atom. The Bertz CT molecular complexity index is 1240. The van der Waals surface area contributed by atoms with Crippen molar-refractivity contribution in [3.63, 3.8) is 0 Å². The highest BCUT2D eigenvalue weighted by atomic mass is 32.2. The lowest BCUT2D eigenvalue weighted by Gasteiger charge is -2.12. The van der Waals surface area contributed by atoms with Crippen LogP contribution in [-0.4, -0.2) is 38.7 Å². The summed E-state index contributed by atoms with van der Waals surface area (Å²) in [5, 5.41) is 6.21. The SMILES string of the molecule is COc1ccc(-c2cc(C)no2)cc1S(=O)(=O)CCC(=O)Nc1ccc(OC(F)(F)F)cc1. The number of amides is 1. The van der Waals surface area contributed by atoms with Crippen molar-refractivity contribution in [1.82, 2.24) is 5.16 Å². The first-order chi connectivity index (χ1) is 15.5. The summed E-state index contributed by atoms with van der Waals surface area (Å²) < 4.78 is 76.5. The van der Waals surface area contributed by atoms with Crippen LogP contribution in [0.5, 0.6) is 11.5 Å². The predicted octanol–water partition coefficient (Wildman–Crippen LogP) is 4.36. The fourth-order valence-electron chi connectivity index (χ4n) is 2.87. The monoisotopic (exact) mass is 484 g/mol. The molecule has 3 aromatic rings. The fraction of sp³-hybridized carbons (Fsp3) is 0.238. The van der Waals surface area contributed by atoms with Gasteiger partial charge in [-0.3, -0.25) is 4.79 Å². The molecule has 0 atom stereocenters. The maximum absolute atomic E-state index is 12.9. The molecule has 0 aliphatic carbocycles. The molecule has 0 bridgehead atoms. The van der Waals surface area contributed by atoms with Crippen LogP contribution in [0.4, 0.5) is 18.9 Å². The zero-order chi connectivity index (χ0) is 24.2. The molecule has 12 heteroatoms. The van der Waals surface area contributed by atoms with Crippen molar-refractivity contribution in [3.8, 4) is 22.8 Å². The first-order valence-electron chi connectivity index (χ1n) is 9.47. The number of sulfone groups is 1. The van der Waals surface area contributed by atoms with E-state index in [-0.39, 0.29) is 16.3 Å². The van der Waals surface area contributed by atoms with E-state index in [1.165, 1.54) is 31.4 Å². The topological polar surface area (TPSA) is 108 Å². The molecule has 3 rings (SSSR count). The van der Waals surface area contributed by atoms with Crippen molar-refractivity contribution in [2.75, 3.05) is 18.2 Å². The Morgan fingerprint density at radius 3 is 2.39 bits per heavy atom. The van der Waals surface area contributed by atoms with Crippen LogP contribution in [0, 0.1) is 6.92 Å². The van der Waals surface area contributed by atoms with Gasteiger partial charge in [0.05, 0.1) is 18.6 Å². The number of aryl methyl sites for hydroxylation is 1. The quantitative estimate of drug-likeness (QED) is 0.506. The van der Waals surface area contributed by atoms with E-state index >= 15 is 0 Å². The maximum Gasteiger partial charge on any atom is 0.573 e. The number of hydrogen-bond acceptors (Lipinski definition) is 7. The molecular weight excluding hydrogens is 465 g/mol. The average Bonchev–Trinajstić information content (AvgIpc) is 3.18. The largest absolute Gasteiger partial charge is 0.573 e. The number of benzene rings is 2. The van der Waals surface area contributed by atoms with Gasteiger partial charge in [-0.25, -0.2) is 8.42 Å². The Kier molecular flexibility index (Phi) is 6.96. The van der Waals surface area contributed by atoms with Gasteiger partial charge in [-0.2, -0.15) is 0 Å². The Hall–Kier alpha value is -3.54. The molecule has 1 amide bonds. The number of carbonyl (C=O) groups excluding carboxylic acids is 1. The second kappa shape index (κ2) is 9.53. The molecule has 33 heavy (non-hydrogen) atoms. The minimum Gasteiger partial charge on any atom is -0.495 e. The van der Waals surface area contributed by atoms with E-state index in [2.05, 4.69) is 15.2 Å². The number of methoxy groups -OCH3 is 1. The minimum atomic E-state index is -4.83. The number of hydrogen-bond donors (Lipinski definition) is 1. The highest BCUT2D eigenvalue weighted by Gasteiger charge is 2.31. The molecule has 8 nitrogen and oxygen atoms in total. The van der Waals surface area contributed by atoms with Crippen LogP contribution in [0.25, 0.3) is 11.3 Å². The second-order valence-corrected chi connectivity index (χ2v) is 8.96. The third-order valence-electron chi connectivity index (χ3n) is 4.38. The fourth-order valence-corrected chi connectivity index (χ4v) is 4.31. The van der Waals surface area contributed by atoms with Crippen molar-refractivity contribution in [1.29, 1.82) is 0 Å². The number of alkyl halides is 3. The summed E-state index contributed by atoms with van der Waals surface area (Å²) in [6.07, 6.45) is -5.22. The Balaban J connectivity index is 1.68. The highest BCUT2D eigenvalue weighted by Crippen LogP contribution is 2.31. The lowest BCUT2D eigenvalue weighted by molar-refractivity contribution is -0.274. The van der Waals surface area contributed by atoms with E-state index in [9.17, 15) is 26.4 Å². The van der Waals surface area contributed by atoms with Crippen molar-refractivity contribution in [2.24, 2.45) is 0 Å². The lowest BCUT2D eigenvalue weighted by Crippen LogP contribution is -2.18. The lowest BCUT2D eigenvalue weighted by atomic mass is 10.1. The smallest absolute Gasteiger partial charge is 0.495 e. The van der Waals surface area contributed by atoms with E-state index in [0.29, 0.717) is 17.0 Å². The number of ether oxygens (including phenoxy) is 2. The molecule has 1 aromatic heterocycles. The highest BCUT2D eigenvalue weighted by molar-refractivity contribution is 7.91. The summed E-state index contributed by atoms with van der Waals surface area (Å²) >= 11 is 0. The third kappa shape index (κ3) is 6.48. The normalized spacial score (nSPS) is 11.8. The number of anilines is 1. The van der Waals surface area contributed by atoms with Gasteiger partial charge in [0.15, 0.2) is 15.6 Å². The molecule has 1 heterocycles. The molecule has 176 valence electrons. The first kappa shape index (κ1) is 24.1. The average molecular weight is 484 g/mol. The van der Waals surface area contributed by atoms with Gasteiger partial charge in [0.25, 0.3) is 0 Å². The molecule has 0 unspecified atom stereocenters. The zero-order valence-electron chi connectivity index (χ0n) is 17.5. The van der Waals surface area contributed by atoms with Gasteiger partial charge < -0.3 is 19.3 Å². The van der Waals surface area contributed by atoms with Crippen LogP contribution in [0.1, 0.15) is 12.1 Å². The summed E-state index contributed by atoms with van der Waals surface area (Å²) in [5.74, 6) is -1.12. The van der Waals surface area contributed by atoms with Crippen LogP contribution in [0.2, 0.25) is 0 Å². The molecule has 2 aromatic carbocycles. The Labute approximate surface area is 187 Å². The van der Waals surface area contributed by atoms with Crippen molar-refractivity contribution >= 4 is 21.4 Å². The number of nitrogens with zero attached hydrogens (tertiary/aromatic N) is 1. The van der Waals surface area contributed by atoms with Crippen LogP contribution in [-0.2, 0) is 14.6 Å². The molecule has 0 radical (unpaired) electrons. The van der Waals surface area contributed by atoms with Gasteiger partial charge in [-0.05, 0) is 49.4 Å². The van der Waals surface area contributed by atoms with Gasteiger partial charge in [-0.15, -0.1) is 13.2 Å². The van der Waals surface area contributed by atoms with E-state index in [0.717, 1.165) is 12.1 Å². The summed E-state index contributed by atoms with van der Waals surface area (Å²) in [5.41, 5.74) is 1.28. The number of aromatic nitrogens is 1.